The SMILES string of the molecule is O=C(O)C1CCCC1n1c2c([nH]c1=O)CCN2. The lowest BCUT2D eigenvalue weighted by Gasteiger charge is -2.18. The number of H-pyrrole nitrogens is 1. The molecule has 1 aromatic rings. The monoisotopic (exact) mass is 237 g/mol. The van der Waals surface area contributed by atoms with Crippen molar-refractivity contribution in [3.63, 3.8) is 0 Å². The summed E-state index contributed by atoms with van der Waals surface area (Å²) in [5, 5.41) is 12.3. The smallest absolute Gasteiger partial charge is 0.327 e. The van der Waals surface area contributed by atoms with Gasteiger partial charge < -0.3 is 15.4 Å². The molecule has 2 atom stereocenters. The van der Waals surface area contributed by atoms with E-state index < -0.39 is 11.9 Å². The second-order valence-corrected chi connectivity index (χ2v) is 4.75. The van der Waals surface area contributed by atoms with Crippen molar-refractivity contribution >= 4 is 11.8 Å². The van der Waals surface area contributed by atoms with Gasteiger partial charge in [0.2, 0.25) is 0 Å². The van der Waals surface area contributed by atoms with Crippen molar-refractivity contribution < 1.29 is 9.90 Å². The summed E-state index contributed by atoms with van der Waals surface area (Å²) in [5.74, 6) is -0.435. The van der Waals surface area contributed by atoms with Gasteiger partial charge >= 0.3 is 11.7 Å². The van der Waals surface area contributed by atoms with Crippen LogP contribution in [-0.2, 0) is 11.2 Å². The zero-order valence-corrected chi connectivity index (χ0v) is 9.40. The van der Waals surface area contributed by atoms with Crippen LogP contribution >= 0.6 is 0 Å². The van der Waals surface area contributed by atoms with Gasteiger partial charge in [0.1, 0.15) is 5.82 Å². The van der Waals surface area contributed by atoms with Gasteiger partial charge in [-0.3, -0.25) is 9.36 Å². The maximum Gasteiger partial charge on any atom is 0.327 e. The van der Waals surface area contributed by atoms with E-state index in [0.717, 1.165) is 37.3 Å². The number of aliphatic carboxylic acids is 1. The third-order valence-corrected chi connectivity index (χ3v) is 3.80. The zero-order chi connectivity index (χ0) is 12.0. The molecule has 0 saturated heterocycles. The molecule has 2 heterocycles. The molecule has 0 amide bonds. The van der Waals surface area contributed by atoms with Gasteiger partial charge in [0.05, 0.1) is 17.7 Å². The summed E-state index contributed by atoms with van der Waals surface area (Å²) in [6, 6.07) is -0.203. The predicted octanol–water partition coefficient (Wildman–Crippen LogP) is 0.570. The van der Waals surface area contributed by atoms with E-state index in [1.165, 1.54) is 0 Å². The van der Waals surface area contributed by atoms with Gasteiger partial charge in [-0.15, -0.1) is 0 Å². The third-order valence-electron chi connectivity index (χ3n) is 3.80. The number of rotatable bonds is 2. The number of imidazole rings is 1. The molecule has 6 nitrogen and oxygen atoms in total. The average molecular weight is 237 g/mol. The van der Waals surface area contributed by atoms with Crippen LogP contribution in [0.1, 0.15) is 31.0 Å². The van der Waals surface area contributed by atoms with Crippen molar-refractivity contribution in [2.24, 2.45) is 5.92 Å². The summed E-state index contributed by atoms with van der Waals surface area (Å²) in [7, 11) is 0. The number of hydrogen-bond acceptors (Lipinski definition) is 3. The average Bonchev–Trinajstić information content (AvgIpc) is 2.91. The number of aromatic nitrogens is 2. The molecule has 2 aliphatic rings. The number of carboxylic acid groups (broad SMARTS) is 1. The second-order valence-electron chi connectivity index (χ2n) is 4.75. The fraction of sp³-hybridized carbons (Fsp3) is 0.636. The minimum atomic E-state index is -0.799. The van der Waals surface area contributed by atoms with Crippen molar-refractivity contribution in [1.29, 1.82) is 0 Å². The van der Waals surface area contributed by atoms with Crippen molar-refractivity contribution in [3.8, 4) is 0 Å². The van der Waals surface area contributed by atoms with Gasteiger partial charge in [-0.25, -0.2) is 4.79 Å². The molecule has 0 radical (unpaired) electrons. The van der Waals surface area contributed by atoms with Crippen LogP contribution in [0.5, 0.6) is 0 Å². The van der Waals surface area contributed by atoms with E-state index in [1.54, 1.807) is 4.57 Å². The van der Waals surface area contributed by atoms with Gasteiger partial charge in [-0.2, -0.15) is 0 Å². The topological polar surface area (TPSA) is 87.1 Å². The van der Waals surface area contributed by atoms with Gasteiger partial charge in [-0.1, -0.05) is 6.42 Å². The predicted molar refractivity (Wildman–Crippen MR) is 61.3 cm³/mol. The molecule has 3 N–H and O–H groups in total. The zero-order valence-electron chi connectivity index (χ0n) is 9.40. The molecule has 0 aromatic carbocycles. The molecule has 1 fully saturated rings. The molecule has 0 bridgehead atoms. The normalized spacial score (nSPS) is 26.8. The van der Waals surface area contributed by atoms with E-state index in [0.29, 0.717) is 6.42 Å². The lowest BCUT2D eigenvalue weighted by molar-refractivity contribution is -0.142. The molecule has 1 saturated carbocycles. The van der Waals surface area contributed by atoms with Crippen LogP contribution in [0.2, 0.25) is 0 Å². The minimum absolute atomic E-state index is 0.180. The maximum atomic E-state index is 11.9. The Balaban J connectivity index is 2.04. The first-order chi connectivity index (χ1) is 8.18. The summed E-state index contributed by atoms with van der Waals surface area (Å²) in [6.07, 6.45) is 3.10. The van der Waals surface area contributed by atoms with Gasteiger partial charge in [0.25, 0.3) is 0 Å². The summed E-state index contributed by atoms with van der Waals surface area (Å²) >= 11 is 0. The van der Waals surface area contributed by atoms with Gasteiger partial charge in [0, 0.05) is 13.0 Å². The van der Waals surface area contributed by atoms with Crippen molar-refractivity contribution in [3.05, 3.63) is 16.2 Å². The van der Waals surface area contributed by atoms with E-state index in [1.807, 2.05) is 0 Å². The van der Waals surface area contributed by atoms with Crippen LogP contribution in [-0.4, -0.2) is 27.2 Å². The molecule has 1 aliphatic heterocycles. The first kappa shape index (κ1) is 10.4. The first-order valence-electron chi connectivity index (χ1n) is 5.98. The van der Waals surface area contributed by atoms with E-state index in [4.69, 9.17) is 0 Å². The lowest BCUT2D eigenvalue weighted by atomic mass is 10.0. The Morgan fingerprint density at radius 2 is 2.24 bits per heavy atom. The largest absolute Gasteiger partial charge is 0.481 e. The Hall–Kier alpha value is -1.72. The molecule has 1 aliphatic carbocycles. The summed E-state index contributed by atoms with van der Waals surface area (Å²) < 4.78 is 1.62. The summed E-state index contributed by atoms with van der Waals surface area (Å²) in [4.78, 5) is 25.9. The Morgan fingerprint density at radius 1 is 1.41 bits per heavy atom. The fourth-order valence-corrected chi connectivity index (χ4v) is 3.03. The molecule has 0 spiro atoms. The second kappa shape index (κ2) is 3.65. The molecule has 92 valence electrons. The number of hydrogen-bond donors (Lipinski definition) is 3. The number of nitrogens with one attached hydrogen (secondary N) is 2. The quantitative estimate of drug-likeness (QED) is 0.701. The Morgan fingerprint density at radius 3 is 3.00 bits per heavy atom. The standard InChI is InChI=1S/C11H15N3O3/c15-10(16)6-2-1-3-8(6)14-9-7(4-5-12-9)13-11(14)17/h6,8,12H,1-5H2,(H,13,17)(H,15,16). The number of anilines is 1. The number of nitrogens with zero attached hydrogens (tertiary/aromatic N) is 1. The minimum Gasteiger partial charge on any atom is -0.481 e. The number of aromatic amines is 1. The highest BCUT2D eigenvalue weighted by molar-refractivity contribution is 5.71. The molecule has 17 heavy (non-hydrogen) atoms. The van der Waals surface area contributed by atoms with Crippen LogP contribution in [0.4, 0.5) is 5.82 Å². The van der Waals surface area contributed by atoms with Crippen molar-refractivity contribution in [2.45, 2.75) is 31.7 Å². The summed E-state index contributed by atoms with van der Waals surface area (Å²) in [5.41, 5.74) is 0.728. The lowest BCUT2D eigenvalue weighted by Crippen LogP contribution is -2.29. The maximum absolute atomic E-state index is 11.9. The molecular formula is C11H15N3O3. The van der Waals surface area contributed by atoms with Crippen LogP contribution in [0.15, 0.2) is 4.79 Å². The van der Waals surface area contributed by atoms with E-state index in [2.05, 4.69) is 10.3 Å². The fourth-order valence-electron chi connectivity index (χ4n) is 3.03. The van der Waals surface area contributed by atoms with E-state index in [-0.39, 0.29) is 11.7 Å². The molecule has 2 unspecified atom stereocenters. The molecule has 1 aromatic heterocycles. The van der Waals surface area contributed by atoms with Crippen LogP contribution < -0.4 is 11.0 Å². The highest BCUT2D eigenvalue weighted by atomic mass is 16.4. The van der Waals surface area contributed by atoms with E-state index in [9.17, 15) is 14.7 Å². The van der Waals surface area contributed by atoms with Gasteiger partial charge in [0.15, 0.2) is 0 Å². The molecule has 6 heteroatoms. The van der Waals surface area contributed by atoms with E-state index >= 15 is 0 Å². The van der Waals surface area contributed by atoms with Crippen molar-refractivity contribution in [1.82, 2.24) is 9.55 Å². The van der Waals surface area contributed by atoms with Crippen molar-refractivity contribution in [2.75, 3.05) is 11.9 Å². The number of carboxylic acids is 1. The Kier molecular flexibility index (Phi) is 2.24. The van der Waals surface area contributed by atoms with Crippen LogP contribution in [0.25, 0.3) is 0 Å². The number of carbonyl (C=O) groups is 1. The molecular weight excluding hydrogens is 222 g/mol. The van der Waals surface area contributed by atoms with Gasteiger partial charge in [-0.05, 0) is 12.8 Å². The third kappa shape index (κ3) is 1.47. The molecule has 3 rings (SSSR count). The highest BCUT2D eigenvalue weighted by Crippen LogP contribution is 2.38. The Labute approximate surface area is 97.6 Å². The number of fused-ring (bicyclic) bond motifs is 1. The Bertz CT molecular complexity index is 517. The van der Waals surface area contributed by atoms with Crippen LogP contribution in [0, 0.1) is 5.92 Å². The summed E-state index contributed by atoms with van der Waals surface area (Å²) in [6.45, 7) is 0.811. The van der Waals surface area contributed by atoms with Crippen LogP contribution in [0.3, 0.4) is 0 Å². The highest BCUT2D eigenvalue weighted by Gasteiger charge is 2.37. The first-order valence-corrected chi connectivity index (χ1v) is 5.98.